The van der Waals surface area contributed by atoms with Crippen LogP contribution >= 0.6 is 11.8 Å². The van der Waals surface area contributed by atoms with Gasteiger partial charge in [-0.25, -0.2) is 4.57 Å². The Morgan fingerprint density at radius 1 is 1.00 bits per heavy atom. The molecule has 1 amide bonds. The fourth-order valence-corrected chi connectivity index (χ4v) is 5.72. The second-order valence-corrected chi connectivity index (χ2v) is 10.3. The van der Waals surface area contributed by atoms with Crippen LogP contribution in [0.5, 0.6) is 0 Å². The van der Waals surface area contributed by atoms with Crippen molar-refractivity contribution in [1.29, 1.82) is 0 Å². The molecule has 2 heterocycles. The molecule has 8 heteroatoms. The van der Waals surface area contributed by atoms with Gasteiger partial charge in [0.25, 0.3) is 5.56 Å². The van der Waals surface area contributed by atoms with Gasteiger partial charge in [-0.1, -0.05) is 68.1 Å². The van der Waals surface area contributed by atoms with E-state index in [1.807, 2.05) is 60.7 Å². The van der Waals surface area contributed by atoms with Crippen molar-refractivity contribution in [1.82, 2.24) is 24.5 Å². The number of para-hydroxylation sites is 1. The number of thioether (sulfide) groups is 1. The van der Waals surface area contributed by atoms with Crippen LogP contribution in [0.3, 0.4) is 0 Å². The van der Waals surface area contributed by atoms with E-state index in [9.17, 15) is 9.59 Å². The third-order valence-corrected chi connectivity index (χ3v) is 7.94. The van der Waals surface area contributed by atoms with Crippen molar-refractivity contribution in [3.05, 3.63) is 63.9 Å². The number of carbonyl (C=O) groups excluding carboxylic acids is 1. The van der Waals surface area contributed by atoms with Gasteiger partial charge >= 0.3 is 0 Å². The van der Waals surface area contributed by atoms with Crippen LogP contribution in [0.25, 0.3) is 22.4 Å². The van der Waals surface area contributed by atoms with Crippen LogP contribution < -0.4 is 10.9 Å². The van der Waals surface area contributed by atoms with Crippen LogP contribution in [0.4, 0.5) is 0 Å². The van der Waals surface area contributed by atoms with E-state index in [4.69, 9.17) is 0 Å². The first-order chi connectivity index (χ1) is 17.0. The van der Waals surface area contributed by atoms with Crippen molar-refractivity contribution in [3.63, 3.8) is 0 Å². The van der Waals surface area contributed by atoms with Crippen LogP contribution in [0.1, 0.15) is 56.1 Å². The summed E-state index contributed by atoms with van der Waals surface area (Å²) in [5.74, 6) is 0.726. The van der Waals surface area contributed by atoms with Gasteiger partial charge in [0, 0.05) is 6.04 Å². The second kappa shape index (κ2) is 10.2. The minimum Gasteiger partial charge on any atom is -0.353 e. The molecule has 0 aliphatic heterocycles. The lowest BCUT2D eigenvalue weighted by atomic mass is 9.97. The van der Waals surface area contributed by atoms with E-state index in [-0.39, 0.29) is 23.3 Å². The Balaban J connectivity index is 1.50. The number of nitrogens with zero attached hydrogens (tertiary/aromatic N) is 4. The Hall–Kier alpha value is -3.13. The SMILES string of the molecule is Cc1cccc(-n2c(=O)c3ccccc3n3c(SCC(=O)NC4CCCCCCC4)nnc23)c1C. The first kappa shape index (κ1) is 23.6. The Bertz CT molecular complexity index is 1430. The summed E-state index contributed by atoms with van der Waals surface area (Å²) in [6.07, 6.45) is 8.26. The number of carbonyl (C=O) groups is 1. The van der Waals surface area contributed by atoms with Gasteiger partial charge in [-0.05, 0) is 56.0 Å². The van der Waals surface area contributed by atoms with E-state index in [1.54, 1.807) is 4.57 Å². The Morgan fingerprint density at radius 3 is 2.54 bits per heavy atom. The lowest BCUT2D eigenvalue weighted by molar-refractivity contribution is -0.119. The predicted octanol–water partition coefficient (Wildman–Crippen LogP) is 4.97. The van der Waals surface area contributed by atoms with E-state index >= 15 is 0 Å². The Kier molecular flexibility index (Phi) is 6.90. The van der Waals surface area contributed by atoms with Crippen LogP contribution in [-0.4, -0.2) is 36.9 Å². The van der Waals surface area contributed by atoms with Crippen molar-refractivity contribution < 1.29 is 4.79 Å². The molecule has 2 aromatic heterocycles. The molecule has 1 aliphatic carbocycles. The minimum absolute atomic E-state index is 0.0180. The van der Waals surface area contributed by atoms with Gasteiger partial charge in [0.05, 0.1) is 22.3 Å². The zero-order valence-corrected chi connectivity index (χ0v) is 21.1. The lowest BCUT2D eigenvalue weighted by Crippen LogP contribution is -2.36. The molecule has 0 radical (unpaired) electrons. The predicted molar refractivity (Wildman–Crippen MR) is 141 cm³/mol. The molecule has 0 atom stereocenters. The van der Waals surface area contributed by atoms with Crippen molar-refractivity contribution in [2.75, 3.05) is 5.75 Å². The molecule has 5 rings (SSSR count). The smallest absolute Gasteiger partial charge is 0.267 e. The second-order valence-electron chi connectivity index (χ2n) is 9.39. The van der Waals surface area contributed by atoms with Gasteiger partial charge < -0.3 is 5.32 Å². The maximum atomic E-state index is 13.6. The summed E-state index contributed by atoms with van der Waals surface area (Å²) in [4.78, 5) is 26.4. The number of amides is 1. The van der Waals surface area contributed by atoms with Crippen molar-refractivity contribution in [2.45, 2.75) is 70.0 Å². The largest absolute Gasteiger partial charge is 0.353 e. The molecular weight excluding hydrogens is 458 g/mol. The quantitative estimate of drug-likeness (QED) is 0.400. The van der Waals surface area contributed by atoms with Crippen LogP contribution in [0.2, 0.25) is 0 Å². The number of fused-ring (bicyclic) bond motifs is 3. The third-order valence-electron chi connectivity index (χ3n) is 7.01. The molecule has 7 nitrogen and oxygen atoms in total. The highest BCUT2D eigenvalue weighted by Gasteiger charge is 2.20. The van der Waals surface area contributed by atoms with Crippen LogP contribution in [0.15, 0.2) is 52.4 Å². The molecule has 1 aliphatic rings. The third kappa shape index (κ3) is 4.72. The van der Waals surface area contributed by atoms with Gasteiger partial charge in [-0.15, -0.1) is 10.2 Å². The molecule has 4 aromatic rings. The first-order valence-electron chi connectivity index (χ1n) is 12.4. The maximum Gasteiger partial charge on any atom is 0.267 e. The Morgan fingerprint density at radius 2 is 1.74 bits per heavy atom. The molecule has 0 unspecified atom stereocenters. The molecule has 0 saturated heterocycles. The average Bonchev–Trinajstić information content (AvgIpc) is 3.26. The summed E-state index contributed by atoms with van der Waals surface area (Å²) in [5.41, 5.74) is 3.51. The molecule has 182 valence electrons. The molecular formula is C27H31N5O2S. The number of aromatic nitrogens is 4. The monoisotopic (exact) mass is 489 g/mol. The van der Waals surface area contributed by atoms with E-state index in [1.165, 1.54) is 43.9 Å². The fraction of sp³-hybridized carbons (Fsp3) is 0.407. The van der Waals surface area contributed by atoms with E-state index in [0.29, 0.717) is 16.3 Å². The molecule has 1 fully saturated rings. The summed E-state index contributed by atoms with van der Waals surface area (Å²) < 4.78 is 3.53. The maximum absolute atomic E-state index is 13.6. The fourth-order valence-electron chi connectivity index (χ4n) is 4.97. The molecule has 35 heavy (non-hydrogen) atoms. The molecule has 1 saturated carbocycles. The van der Waals surface area contributed by atoms with Gasteiger partial charge in [-0.3, -0.25) is 14.0 Å². The minimum atomic E-state index is -0.132. The summed E-state index contributed by atoms with van der Waals surface area (Å²) in [6, 6.07) is 13.7. The Labute approximate surface area is 208 Å². The average molecular weight is 490 g/mol. The standard InChI is InChI=1S/C27H31N5O2S/c1-18-11-10-16-22(19(18)2)31-25(34)21-14-8-9-15-23(21)32-26(31)29-30-27(32)35-17-24(33)28-20-12-6-4-3-5-7-13-20/h8-11,14-16,20H,3-7,12-13,17H2,1-2H3,(H,28,33). The number of nitrogens with one attached hydrogen (secondary N) is 1. The van der Waals surface area contributed by atoms with Crippen molar-refractivity contribution in [3.8, 4) is 5.69 Å². The van der Waals surface area contributed by atoms with Gasteiger partial charge in [0.15, 0.2) is 5.16 Å². The highest BCUT2D eigenvalue weighted by Crippen LogP contribution is 2.25. The normalized spacial score (nSPS) is 15.3. The number of hydrogen-bond acceptors (Lipinski definition) is 5. The first-order valence-corrected chi connectivity index (χ1v) is 13.4. The van der Waals surface area contributed by atoms with Gasteiger partial charge in [0.1, 0.15) is 0 Å². The summed E-state index contributed by atoms with van der Waals surface area (Å²) in [6.45, 7) is 4.04. The summed E-state index contributed by atoms with van der Waals surface area (Å²) >= 11 is 1.36. The van der Waals surface area contributed by atoms with E-state index < -0.39 is 0 Å². The van der Waals surface area contributed by atoms with Crippen molar-refractivity contribution >= 4 is 34.3 Å². The zero-order chi connectivity index (χ0) is 24.4. The molecule has 1 N–H and O–H groups in total. The zero-order valence-electron chi connectivity index (χ0n) is 20.3. The van der Waals surface area contributed by atoms with Crippen LogP contribution in [0, 0.1) is 13.8 Å². The number of hydrogen-bond donors (Lipinski definition) is 1. The number of aryl methyl sites for hydroxylation is 1. The van der Waals surface area contributed by atoms with E-state index in [2.05, 4.69) is 15.5 Å². The highest BCUT2D eigenvalue weighted by atomic mass is 32.2. The van der Waals surface area contributed by atoms with E-state index in [0.717, 1.165) is 35.2 Å². The summed E-state index contributed by atoms with van der Waals surface area (Å²) in [5, 5.41) is 13.2. The highest BCUT2D eigenvalue weighted by molar-refractivity contribution is 7.99. The number of benzene rings is 2. The lowest BCUT2D eigenvalue weighted by Gasteiger charge is -2.20. The van der Waals surface area contributed by atoms with Crippen molar-refractivity contribution in [2.24, 2.45) is 0 Å². The molecule has 2 aromatic carbocycles. The number of rotatable bonds is 5. The van der Waals surface area contributed by atoms with Gasteiger partial charge in [0.2, 0.25) is 11.7 Å². The topological polar surface area (TPSA) is 81.3 Å². The molecule has 0 bridgehead atoms. The van der Waals surface area contributed by atoms with Gasteiger partial charge in [-0.2, -0.15) is 0 Å². The summed E-state index contributed by atoms with van der Waals surface area (Å²) in [7, 11) is 0. The molecule has 0 spiro atoms. The van der Waals surface area contributed by atoms with Crippen LogP contribution in [-0.2, 0) is 4.79 Å².